The molecule has 128 valence electrons. The van der Waals surface area contributed by atoms with Gasteiger partial charge in [0.05, 0.1) is 9.82 Å². The molecule has 0 spiro atoms. The first kappa shape index (κ1) is 17.9. The van der Waals surface area contributed by atoms with Gasteiger partial charge in [-0.15, -0.1) is 0 Å². The Hall–Kier alpha value is -2.46. The van der Waals surface area contributed by atoms with Crippen molar-refractivity contribution in [3.8, 4) is 5.75 Å². The third-order valence-electron chi connectivity index (χ3n) is 2.71. The molecule has 0 atom stereocenters. The van der Waals surface area contributed by atoms with Gasteiger partial charge in [0.25, 0.3) is 15.7 Å². The van der Waals surface area contributed by atoms with Crippen LogP contribution in [0.5, 0.6) is 5.75 Å². The molecule has 12 heteroatoms. The molecule has 0 saturated carbocycles. The minimum atomic E-state index is -3.92. The molecular weight excluding hydrogens is 359 g/mol. The zero-order valence-corrected chi connectivity index (χ0v) is 13.7. The molecular formula is C12H13N4O6PS. The Morgan fingerprint density at radius 3 is 2.04 bits per heavy atom. The summed E-state index contributed by atoms with van der Waals surface area (Å²) in [5.74, 6) is 0.113. The van der Waals surface area contributed by atoms with Gasteiger partial charge < -0.3 is 4.52 Å². The van der Waals surface area contributed by atoms with Crippen LogP contribution in [0.1, 0.15) is 0 Å². The zero-order valence-electron chi connectivity index (χ0n) is 12.0. The van der Waals surface area contributed by atoms with Crippen LogP contribution in [0, 0.1) is 10.1 Å². The van der Waals surface area contributed by atoms with E-state index in [1.54, 1.807) is 0 Å². The van der Waals surface area contributed by atoms with Gasteiger partial charge in [0.15, 0.2) is 0 Å². The molecule has 0 bridgehead atoms. The van der Waals surface area contributed by atoms with Crippen molar-refractivity contribution in [1.82, 2.24) is 0 Å². The summed E-state index contributed by atoms with van der Waals surface area (Å²) >= 11 is 0. The van der Waals surface area contributed by atoms with Crippen molar-refractivity contribution in [2.45, 2.75) is 4.90 Å². The van der Waals surface area contributed by atoms with E-state index >= 15 is 0 Å². The first-order valence-corrected chi connectivity index (χ1v) is 9.55. The van der Waals surface area contributed by atoms with E-state index in [-0.39, 0.29) is 22.0 Å². The van der Waals surface area contributed by atoms with Gasteiger partial charge in [-0.2, -0.15) is 0 Å². The van der Waals surface area contributed by atoms with Crippen molar-refractivity contribution in [1.29, 1.82) is 0 Å². The molecule has 0 unspecified atom stereocenters. The highest BCUT2D eigenvalue weighted by Crippen LogP contribution is 2.31. The van der Waals surface area contributed by atoms with E-state index in [0.29, 0.717) is 0 Å². The minimum absolute atomic E-state index is 0.113. The molecule has 5 N–H and O–H groups in total. The Bertz CT molecular complexity index is 892. The van der Waals surface area contributed by atoms with Crippen LogP contribution >= 0.6 is 7.67 Å². The SMILES string of the molecule is NP(N)(=O)Oc1ccc(NS(=O)(=O)c2ccc([N+](=O)[O-])cc2)cc1. The molecule has 0 saturated heterocycles. The number of benzene rings is 2. The second kappa shape index (κ2) is 6.57. The van der Waals surface area contributed by atoms with Gasteiger partial charge in [-0.3, -0.25) is 14.8 Å². The number of rotatable bonds is 6. The number of hydrogen-bond acceptors (Lipinski definition) is 6. The molecule has 0 radical (unpaired) electrons. The van der Waals surface area contributed by atoms with Gasteiger partial charge in [0, 0.05) is 17.8 Å². The number of nitrogens with zero attached hydrogens (tertiary/aromatic N) is 1. The predicted octanol–water partition coefficient (Wildman–Crippen LogP) is 1.80. The van der Waals surface area contributed by atoms with Crippen LogP contribution in [0.15, 0.2) is 53.4 Å². The van der Waals surface area contributed by atoms with Crippen molar-refractivity contribution in [2.75, 3.05) is 4.72 Å². The van der Waals surface area contributed by atoms with Crippen LogP contribution in [0.4, 0.5) is 11.4 Å². The van der Waals surface area contributed by atoms with Gasteiger partial charge in [-0.05, 0) is 36.4 Å². The fraction of sp³-hybridized carbons (Fsp3) is 0. The van der Waals surface area contributed by atoms with E-state index in [1.165, 1.54) is 24.3 Å². The van der Waals surface area contributed by atoms with Crippen LogP contribution in [0.3, 0.4) is 0 Å². The summed E-state index contributed by atoms with van der Waals surface area (Å²) in [6.45, 7) is 0. The molecule has 24 heavy (non-hydrogen) atoms. The van der Waals surface area contributed by atoms with Crippen LogP contribution in [-0.4, -0.2) is 13.3 Å². The van der Waals surface area contributed by atoms with E-state index in [9.17, 15) is 23.1 Å². The Labute approximate surface area is 137 Å². The first-order valence-electron chi connectivity index (χ1n) is 6.31. The van der Waals surface area contributed by atoms with Crippen LogP contribution < -0.4 is 20.3 Å². The fourth-order valence-electron chi connectivity index (χ4n) is 1.71. The number of nitrogens with two attached hydrogens (primary N) is 2. The third kappa shape index (κ3) is 4.77. The predicted molar refractivity (Wildman–Crippen MR) is 87.0 cm³/mol. The Morgan fingerprint density at radius 1 is 1.04 bits per heavy atom. The van der Waals surface area contributed by atoms with Crippen LogP contribution in [-0.2, 0) is 14.6 Å². The number of nitro groups is 1. The fourth-order valence-corrected chi connectivity index (χ4v) is 3.22. The minimum Gasteiger partial charge on any atom is -0.422 e. The number of hydrogen-bond donors (Lipinski definition) is 3. The normalized spacial score (nSPS) is 11.8. The summed E-state index contributed by atoms with van der Waals surface area (Å²) in [5.41, 5.74) is 10.1. The smallest absolute Gasteiger partial charge is 0.385 e. The van der Waals surface area contributed by atoms with Crippen molar-refractivity contribution >= 4 is 29.1 Å². The standard InChI is InChI=1S/C12H13N4O6PS/c13-23(14,19)22-11-5-1-9(2-6-11)15-24(20,21)12-7-3-10(4-8-12)16(17)18/h1-8,15H,(H4,13,14,19). The summed E-state index contributed by atoms with van der Waals surface area (Å²) in [6.07, 6.45) is 0. The molecule has 0 heterocycles. The van der Waals surface area contributed by atoms with E-state index in [2.05, 4.69) is 4.72 Å². The molecule has 0 aliphatic rings. The molecule has 2 aromatic carbocycles. The van der Waals surface area contributed by atoms with Gasteiger partial charge in [0.2, 0.25) is 0 Å². The second-order valence-corrected chi connectivity index (χ2v) is 7.77. The van der Waals surface area contributed by atoms with E-state index in [4.69, 9.17) is 15.5 Å². The average molecular weight is 372 g/mol. The summed E-state index contributed by atoms with van der Waals surface area (Å²) in [4.78, 5) is 9.81. The number of non-ortho nitro benzene ring substituents is 1. The molecule has 0 aliphatic heterocycles. The van der Waals surface area contributed by atoms with Gasteiger partial charge in [0.1, 0.15) is 5.75 Å². The lowest BCUT2D eigenvalue weighted by atomic mass is 10.3. The van der Waals surface area contributed by atoms with Gasteiger partial charge in [-0.25, -0.2) is 24.0 Å². The Morgan fingerprint density at radius 2 is 1.58 bits per heavy atom. The lowest BCUT2D eigenvalue weighted by molar-refractivity contribution is -0.384. The summed E-state index contributed by atoms with van der Waals surface area (Å²) in [6, 6.07) is 9.80. The monoisotopic (exact) mass is 372 g/mol. The summed E-state index contributed by atoms with van der Waals surface area (Å²) in [5, 5.41) is 10.6. The largest absolute Gasteiger partial charge is 0.422 e. The Kier molecular flexibility index (Phi) is 4.90. The van der Waals surface area contributed by atoms with Crippen molar-refractivity contribution in [3.05, 3.63) is 58.6 Å². The third-order valence-corrected chi connectivity index (χ3v) is 4.61. The average Bonchev–Trinajstić information content (AvgIpc) is 2.47. The maximum absolute atomic E-state index is 12.2. The van der Waals surface area contributed by atoms with Crippen LogP contribution in [0.2, 0.25) is 0 Å². The van der Waals surface area contributed by atoms with Crippen LogP contribution in [0.25, 0.3) is 0 Å². The number of nitro benzene ring substituents is 1. The lowest BCUT2D eigenvalue weighted by Gasteiger charge is -2.11. The van der Waals surface area contributed by atoms with E-state index in [0.717, 1.165) is 24.3 Å². The summed E-state index contributed by atoms with van der Waals surface area (Å²) < 4.78 is 42.6. The summed E-state index contributed by atoms with van der Waals surface area (Å²) in [7, 11) is -7.62. The molecule has 0 aliphatic carbocycles. The van der Waals surface area contributed by atoms with Gasteiger partial charge in [-0.1, -0.05) is 0 Å². The maximum Gasteiger partial charge on any atom is 0.385 e. The van der Waals surface area contributed by atoms with E-state index in [1.807, 2.05) is 0 Å². The molecule has 10 nitrogen and oxygen atoms in total. The number of anilines is 1. The van der Waals surface area contributed by atoms with Crippen molar-refractivity contribution in [2.24, 2.45) is 11.0 Å². The lowest BCUT2D eigenvalue weighted by Crippen LogP contribution is -2.13. The highest BCUT2D eigenvalue weighted by atomic mass is 32.2. The molecule has 2 rings (SSSR count). The number of sulfonamides is 1. The molecule has 0 amide bonds. The number of nitrogens with one attached hydrogen (secondary N) is 1. The molecule has 0 fully saturated rings. The van der Waals surface area contributed by atoms with Crippen molar-refractivity contribution < 1.29 is 22.4 Å². The van der Waals surface area contributed by atoms with Gasteiger partial charge >= 0.3 is 7.67 Å². The van der Waals surface area contributed by atoms with Crippen molar-refractivity contribution in [3.63, 3.8) is 0 Å². The topological polar surface area (TPSA) is 168 Å². The highest BCUT2D eigenvalue weighted by molar-refractivity contribution is 7.92. The quantitative estimate of drug-likeness (QED) is 0.392. The highest BCUT2D eigenvalue weighted by Gasteiger charge is 2.16. The Balaban J connectivity index is 2.17. The second-order valence-electron chi connectivity index (χ2n) is 4.62. The maximum atomic E-state index is 12.2. The first-order chi connectivity index (χ1) is 11.1. The molecule has 2 aromatic rings. The molecule has 0 aromatic heterocycles. The van der Waals surface area contributed by atoms with E-state index < -0.39 is 22.6 Å². The zero-order chi connectivity index (χ0) is 18.0.